The van der Waals surface area contributed by atoms with E-state index in [4.69, 9.17) is 37.7 Å². The van der Waals surface area contributed by atoms with Gasteiger partial charge in [-0.15, -0.1) is 0 Å². The van der Waals surface area contributed by atoms with E-state index < -0.39 is 6.29 Å². The molecule has 0 bridgehead atoms. The molecule has 0 aliphatic heterocycles. The zero-order valence-corrected chi connectivity index (χ0v) is 18.5. The van der Waals surface area contributed by atoms with E-state index in [1.165, 1.54) is 11.8 Å². The molecule has 0 aliphatic rings. The van der Waals surface area contributed by atoms with Gasteiger partial charge < -0.3 is 14.8 Å². The van der Waals surface area contributed by atoms with Crippen molar-refractivity contribution in [1.82, 2.24) is 15.0 Å². The van der Waals surface area contributed by atoms with Crippen molar-refractivity contribution < 1.29 is 9.47 Å². The summed E-state index contributed by atoms with van der Waals surface area (Å²) in [4.78, 5) is 13.6. The summed E-state index contributed by atoms with van der Waals surface area (Å²) in [6, 6.07) is 9.27. The van der Waals surface area contributed by atoms with Crippen molar-refractivity contribution >= 4 is 40.8 Å². The third-order valence-electron chi connectivity index (χ3n) is 4.20. The first kappa shape index (κ1) is 21.8. The monoisotopic (exact) mass is 450 g/mol. The summed E-state index contributed by atoms with van der Waals surface area (Å²) in [5, 5.41) is 4.90. The zero-order chi connectivity index (χ0) is 20.8. The summed E-state index contributed by atoms with van der Waals surface area (Å²) in [5.74, 6) is 0.647. The molecule has 0 fully saturated rings. The molecular weight excluding hydrogens is 431 g/mol. The first-order valence-electron chi connectivity index (χ1n) is 8.68. The van der Waals surface area contributed by atoms with E-state index in [-0.39, 0.29) is 0 Å². The number of nitrogens with zero attached hydrogens (tertiary/aromatic N) is 3. The molecule has 2 aromatic heterocycles. The van der Waals surface area contributed by atoms with Gasteiger partial charge in [-0.25, -0.2) is 9.97 Å². The zero-order valence-electron chi connectivity index (χ0n) is 16.1. The molecule has 3 aromatic rings. The number of hydrogen-bond acceptors (Lipinski definition) is 7. The molecule has 0 amide bonds. The minimum absolute atomic E-state index is 0.405. The molecule has 0 saturated heterocycles. The lowest BCUT2D eigenvalue weighted by molar-refractivity contribution is -0.0914. The van der Waals surface area contributed by atoms with E-state index in [9.17, 15) is 0 Å². The maximum atomic E-state index is 6.30. The van der Waals surface area contributed by atoms with Crippen LogP contribution in [0.25, 0.3) is 22.4 Å². The van der Waals surface area contributed by atoms with Gasteiger partial charge in [-0.05, 0) is 36.1 Å². The fraction of sp³-hybridized carbons (Fsp3) is 0.250. The van der Waals surface area contributed by atoms with Gasteiger partial charge in [0.05, 0.1) is 27.8 Å². The van der Waals surface area contributed by atoms with E-state index in [0.29, 0.717) is 27.6 Å². The van der Waals surface area contributed by atoms with Crippen molar-refractivity contribution in [3.63, 3.8) is 0 Å². The minimum Gasteiger partial charge on any atom is -0.364 e. The molecule has 0 radical (unpaired) electrons. The molecule has 0 saturated carbocycles. The van der Waals surface area contributed by atoms with Gasteiger partial charge in [0, 0.05) is 32.2 Å². The predicted octanol–water partition coefficient (Wildman–Crippen LogP) is 5.27. The number of nitrogens with one attached hydrogen (secondary N) is 1. The summed E-state index contributed by atoms with van der Waals surface area (Å²) in [5.41, 5.74) is 3.32. The maximum absolute atomic E-state index is 6.30. The normalized spacial score (nSPS) is 11.1. The second-order valence-corrected chi connectivity index (χ2v) is 7.52. The number of hydrogen-bond donors (Lipinski definition) is 1. The Morgan fingerprint density at radius 3 is 2.34 bits per heavy atom. The highest BCUT2D eigenvalue weighted by Crippen LogP contribution is 2.39. The number of halogens is 2. The Bertz CT molecular complexity index is 972. The van der Waals surface area contributed by atoms with Crippen LogP contribution in [0.2, 0.25) is 10.0 Å². The van der Waals surface area contributed by atoms with Gasteiger partial charge in [0.25, 0.3) is 0 Å². The van der Waals surface area contributed by atoms with Gasteiger partial charge in [0.15, 0.2) is 11.4 Å². The predicted molar refractivity (Wildman–Crippen MR) is 119 cm³/mol. The van der Waals surface area contributed by atoms with Gasteiger partial charge in [0.1, 0.15) is 5.82 Å². The molecule has 152 valence electrons. The summed E-state index contributed by atoms with van der Waals surface area (Å²) >= 11 is 13.9. The van der Waals surface area contributed by atoms with Crippen LogP contribution in [0.15, 0.2) is 47.9 Å². The van der Waals surface area contributed by atoms with E-state index in [2.05, 4.69) is 15.3 Å². The molecule has 0 atom stereocenters. The van der Waals surface area contributed by atoms with Crippen molar-refractivity contribution in [2.24, 2.45) is 0 Å². The molecule has 0 unspecified atom stereocenters. The third-order valence-corrected chi connectivity index (χ3v) is 5.48. The van der Waals surface area contributed by atoms with Crippen LogP contribution in [-0.4, -0.2) is 48.3 Å². The topological polar surface area (TPSA) is 69.2 Å². The second kappa shape index (κ2) is 10.2. The number of aromatic nitrogens is 3. The molecule has 0 aliphatic carbocycles. The fourth-order valence-corrected chi connectivity index (χ4v) is 3.41. The molecule has 6 nitrogen and oxygen atoms in total. The van der Waals surface area contributed by atoms with E-state index in [0.717, 1.165) is 22.4 Å². The summed E-state index contributed by atoms with van der Waals surface area (Å²) in [6.45, 7) is 0.405. The standard InChI is InChI=1S/C20H20Cl2N4O2S/c1-27-16(28-2)11-24-19-17(13-4-5-14(21)15(22)10-13)18(25-20(26-19)29-3)12-6-8-23-9-7-12/h4-10,16H,11H2,1-3H3,(H,24,25,26). The van der Waals surface area contributed by atoms with E-state index in [1.54, 1.807) is 38.7 Å². The van der Waals surface area contributed by atoms with Crippen molar-refractivity contribution in [3.8, 4) is 22.4 Å². The molecule has 29 heavy (non-hydrogen) atoms. The Labute approximate surface area is 184 Å². The Morgan fingerprint density at radius 1 is 1.00 bits per heavy atom. The molecule has 1 N–H and O–H groups in total. The molecule has 3 rings (SSSR count). The Morgan fingerprint density at radius 2 is 1.72 bits per heavy atom. The average molecular weight is 451 g/mol. The maximum Gasteiger partial charge on any atom is 0.189 e. The van der Waals surface area contributed by atoms with Crippen molar-refractivity contribution in [2.45, 2.75) is 11.4 Å². The second-order valence-electron chi connectivity index (χ2n) is 5.93. The number of pyridine rings is 1. The van der Waals surface area contributed by atoms with Crippen LogP contribution >= 0.6 is 35.0 Å². The van der Waals surface area contributed by atoms with Crippen LogP contribution in [0.3, 0.4) is 0 Å². The van der Waals surface area contributed by atoms with Crippen LogP contribution in [0.1, 0.15) is 0 Å². The van der Waals surface area contributed by atoms with Gasteiger partial charge in [0.2, 0.25) is 0 Å². The van der Waals surface area contributed by atoms with Crippen LogP contribution < -0.4 is 5.32 Å². The number of rotatable bonds is 8. The van der Waals surface area contributed by atoms with E-state index in [1.807, 2.05) is 24.5 Å². The van der Waals surface area contributed by atoms with Gasteiger partial charge in [-0.2, -0.15) is 0 Å². The Balaban J connectivity index is 2.20. The highest BCUT2D eigenvalue weighted by molar-refractivity contribution is 7.98. The first-order valence-corrected chi connectivity index (χ1v) is 10.7. The van der Waals surface area contributed by atoms with Crippen molar-refractivity contribution in [1.29, 1.82) is 0 Å². The first-order chi connectivity index (χ1) is 14.1. The molecule has 9 heteroatoms. The number of methoxy groups -OCH3 is 2. The average Bonchev–Trinajstić information content (AvgIpc) is 2.76. The molecule has 1 aromatic carbocycles. The molecule has 0 spiro atoms. The Hall–Kier alpha value is -1.90. The van der Waals surface area contributed by atoms with Gasteiger partial charge in [-0.3, -0.25) is 4.98 Å². The number of benzene rings is 1. The quantitative estimate of drug-likeness (QED) is 0.284. The molecular formula is C20H20Cl2N4O2S. The smallest absolute Gasteiger partial charge is 0.189 e. The highest BCUT2D eigenvalue weighted by atomic mass is 35.5. The van der Waals surface area contributed by atoms with Crippen LogP contribution in [0.4, 0.5) is 5.82 Å². The van der Waals surface area contributed by atoms with E-state index >= 15 is 0 Å². The number of ether oxygens (including phenoxy) is 2. The number of anilines is 1. The lowest BCUT2D eigenvalue weighted by Crippen LogP contribution is -2.24. The lowest BCUT2D eigenvalue weighted by atomic mass is 10.00. The van der Waals surface area contributed by atoms with Crippen LogP contribution in [-0.2, 0) is 9.47 Å². The highest BCUT2D eigenvalue weighted by Gasteiger charge is 2.19. The Kier molecular flexibility index (Phi) is 7.69. The van der Waals surface area contributed by atoms with Crippen LogP contribution in [0, 0.1) is 0 Å². The third kappa shape index (κ3) is 5.18. The fourth-order valence-electron chi connectivity index (χ4n) is 2.75. The molecule has 2 heterocycles. The van der Waals surface area contributed by atoms with Gasteiger partial charge >= 0.3 is 0 Å². The number of thioether (sulfide) groups is 1. The lowest BCUT2D eigenvalue weighted by Gasteiger charge is -2.19. The van der Waals surface area contributed by atoms with Crippen molar-refractivity contribution in [2.75, 3.05) is 32.3 Å². The van der Waals surface area contributed by atoms with Gasteiger partial charge in [-0.1, -0.05) is 41.0 Å². The van der Waals surface area contributed by atoms with Crippen molar-refractivity contribution in [3.05, 3.63) is 52.8 Å². The summed E-state index contributed by atoms with van der Waals surface area (Å²) in [6.07, 6.45) is 4.97. The van der Waals surface area contributed by atoms with Crippen LogP contribution in [0.5, 0.6) is 0 Å². The minimum atomic E-state index is -0.422. The summed E-state index contributed by atoms with van der Waals surface area (Å²) in [7, 11) is 3.18. The summed E-state index contributed by atoms with van der Waals surface area (Å²) < 4.78 is 10.6. The SMILES string of the molecule is COC(CNc1nc(SC)nc(-c2ccncc2)c1-c1ccc(Cl)c(Cl)c1)OC. The largest absolute Gasteiger partial charge is 0.364 e.